The predicted molar refractivity (Wildman–Crippen MR) is 58.0 cm³/mol. The molecule has 3 nitrogen and oxygen atoms in total. The summed E-state index contributed by atoms with van der Waals surface area (Å²) in [6.07, 6.45) is 1.98. The molecule has 3 heteroatoms. The van der Waals surface area contributed by atoms with E-state index in [4.69, 9.17) is 0 Å². The summed E-state index contributed by atoms with van der Waals surface area (Å²) in [5.74, 6) is 0.917. The van der Waals surface area contributed by atoms with Gasteiger partial charge in [-0.2, -0.15) is 0 Å². The fourth-order valence-electron chi connectivity index (χ4n) is 1.74. The first kappa shape index (κ1) is 11.5. The Morgan fingerprint density at radius 1 is 1.64 bits per heavy atom. The van der Waals surface area contributed by atoms with Gasteiger partial charge in [0.15, 0.2) is 0 Å². The monoisotopic (exact) mass is 198 g/mol. The van der Waals surface area contributed by atoms with Crippen LogP contribution >= 0.6 is 0 Å². The average Bonchev–Trinajstić information content (AvgIpc) is 2.20. The average molecular weight is 198 g/mol. The zero-order valence-corrected chi connectivity index (χ0v) is 9.47. The Bertz CT molecular complexity index is 194. The Morgan fingerprint density at radius 2 is 2.36 bits per heavy atom. The van der Waals surface area contributed by atoms with Crippen molar-refractivity contribution in [1.29, 1.82) is 0 Å². The molecule has 0 spiro atoms. The van der Waals surface area contributed by atoms with Crippen LogP contribution in [0.2, 0.25) is 0 Å². The van der Waals surface area contributed by atoms with E-state index in [1.165, 1.54) is 0 Å². The van der Waals surface area contributed by atoms with Crippen molar-refractivity contribution in [3.05, 3.63) is 0 Å². The van der Waals surface area contributed by atoms with Gasteiger partial charge in [-0.15, -0.1) is 0 Å². The lowest BCUT2D eigenvalue weighted by molar-refractivity contribution is -0.125. The van der Waals surface area contributed by atoms with Crippen molar-refractivity contribution in [3.63, 3.8) is 0 Å². The van der Waals surface area contributed by atoms with Crippen LogP contribution in [0.1, 0.15) is 33.6 Å². The topological polar surface area (TPSA) is 41.1 Å². The Kier molecular flexibility index (Phi) is 4.39. The molecule has 0 radical (unpaired) electrons. The maximum Gasteiger partial charge on any atom is 0.223 e. The molecule has 0 saturated carbocycles. The van der Waals surface area contributed by atoms with Crippen LogP contribution in [0, 0.1) is 11.8 Å². The minimum atomic E-state index is 0.150. The Hall–Kier alpha value is -0.570. The van der Waals surface area contributed by atoms with Gasteiger partial charge < -0.3 is 10.6 Å². The molecular formula is C11H22N2O. The van der Waals surface area contributed by atoms with Crippen LogP contribution in [-0.4, -0.2) is 25.0 Å². The molecule has 1 saturated heterocycles. The molecule has 0 aromatic rings. The third-order valence-corrected chi connectivity index (χ3v) is 3.17. The van der Waals surface area contributed by atoms with Gasteiger partial charge in [-0.05, 0) is 31.8 Å². The van der Waals surface area contributed by atoms with Gasteiger partial charge in [-0.3, -0.25) is 4.79 Å². The molecule has 3 unspecified atom stereocenters. The molecule has 0 aromatic carbocycles. The van der Waals surface area contributed by atoms with E-state index in [1.807, 2.05) is 6.92 Å². The molecule has 1 fully saturated rings. The van der Waals surface area contributed by atoms with Crippen LogP contribution in [0.3, 0.4) is 0 Å². The molecule has 2 N–H and O–H groups in total. The highest BCUT2D eigenvalue weighted by molar-refractivity contribution is 5.78. The predicted octanol–water partition coefficient (Wildman–Crippen LogP) is 1.15. The smallest absolute Gasteiger partial charge is 0.223 e. The third kappa shape index (κ3) is 2.98. The number of piperidine rings is 1. The van der Waals surface area contributed by atoms with Crippen LogP contribution in [0.5, 0.6) is 0 Å². The summed E-state index contributed by atoms with van der Waals surface area (Å²) >= 11 is 0. The van der Waals surface area contributed by atoms with Crippen LogP contribution in [0.25, 0.3) is 0 Å². The van der Waals surface area contributed by atoms with Gasteiger partial charge in [-0.25, -0.2) is 0 Å². The van der Waals surface area contributed by atoms with Crippen molar-refractivity contribution in [2.75, 3.05) is 13.1 Å². The van der Waals surface area contributed by atoms with Crippen molar-refractivity contribution < 1.29 is 4.79 Å². The maximum absolute atomic E-state index is 11.7. The van der Waals surface area contributed by atoms with Crippen molar-refractivity contribution in [2.45, 2.75) is 39.7 Å². The van der Waals surface area contributed by atoms with Crippen LogP contribution < -0.4 is 10.6 Å². The van der Waals surface area contributed by atoms with Gasteiger partial charge in [0.05, 0.1) is 0 Å². The molecule has 1 amide bonds. The summed E-state index contributed by atoms with van der Waals surface area (Å²) in [7, 11) is 0. The number of hydrogen-bond acceptors (Lipinski definition) is 2. The van der Waals surface area contributed by atoms with Gasteiger partial charge in [0.25, 0.3) is 0 Å². The SMILES string of the molecule is CCC(C)C(=O)NC1CCNCC1C. The van der Waals surface area contributed by atoms with Crippen LogP contribution in [0.4, 0.5) is 0 Å². The number of hydrogen-bond donors (Lipinski definition) is 2. The van der Waals surface area contributed by atoms with Crippen molar-refractivity contribution in [1.82, 2.24) is 10.6 Å². The summed E-state index contributed by atoms with van der Waals surface area (Å²) in [6, 6.07) is 0.373. The zero-order valence-electron chi connectivity index (χ0n) is 9.47. The highest BCUT2D eigenvalue weighted by Gasteiger charge is 2.23. The summed E-state index contributed by atoms with van der Waals surface area (Å²) < 4.78 is 0. The minimum Gasteiger partial charge on any atom is -0.353 e. The lowest BCUT2D eigenvalue weighted by Crippen LogP contribution is -2.49. The number of carbonyl (C=O) groups excluding carboxylic acids is 1. The molecule has 0 bridgehead atoms. The summed E-state index contributed by atoms with van der Waals surface area (Å²) in [5.41, 5.74) is 0. The molecule has 0 aliphatic carbocycles. The molecule has 1 aliphatic rings. The molecule has 1 heterocycles. The van der Waals surface area contributed by atoms with E-state index in [1.54, 1.807) is 0 Å². The van der Waals surface area contributed by atoms with Gasteiger partial charge in [-0.1, -0.05) is 20.8 Å². The molecule has 82 valence electrons. The first-order valence-corrected chi connectivity index (χ1v) is 5.66. The van der Waals surface area contributed by atoms with Gasteiger partial charge in [0.2, 0.25) is 5.91 Å². The normalized spacial score (nSPS) is 29.6. The zero-order chi connectivity index (χ0) is 10.6. The second-order valence-corrected chi connectivity index (χ2v) is 4.39. The van der Waals surface area contributed by atoms with Crippen molar-refractivity contribution in [2.24, 2.45) is 11.8 Å². The van der Waals surface area contributed by atoms with Gasteiger partial charge in [0, 0.05) is 12.0 Å². The first-order valence-electron chi connectivity index (χ1n) is 5.66. The number of amides is 1. The largest absolute Gasteiger partial charge is 0.353 e. The summed E-state index contributed by atoms with van der Waals surface area (Å²) in [6.45, 7) is 8.27. The third-order valence-electron chi connectivity index (χ3n) is 3.17. The molecule has 14 heavy (non-hydrogen) atoms. The van der Waals surface area contributed by atoms with E-state index in [0.29, 0.717) is 12.0 Å². The minimum absolute atomic E-state index is 0.150. The molecule has 1 rings (SSSR count). The Balaban J connectivity index is 2.38. The standard InChI is InChI=1S/C11H22N2O/c1-4-8(2)11(14)13-10-5-6-12-7-9(10)3/h8-10,12H,4-7H2,1-3H3,(H,13,14). The quantitative estimate of drug-likeness (QED) is 0.714. The van der Waals surface area contributed by atoms with Crippen molar-refractivity contribution in [3.8, 4) is 0 Å². The number of nitrogens with one attached hydrogen (secondary N) is 2. The van der Waals surface area contributed by atoms with E-state index in [0.717, 1.165) is 25.9 Å². The molecule has 1 aliphatic heterocycles. The first-order chi connectivity index (χ1) is 6.65. The van der Waals surface area contributed by atoms with E-state index in [-0.39, 0.29) is 11.8 Å². The van der Waals surface area contributed by atoms with Gasteiger partial charge >= 0.3 is 0 Å². The molecule has 3 atom stereocenters. The maximum atomic E-state index is 11.7. The van der Waals surface area contributed by atoms with Crippen molar-refractivity contribution >= 4 is 5.91 Å². The highest BCUT2D eigenvalue weighted by atomic mass is 16.1. The number of carbonyl (C=O) groups is 1. The van der Waals surface area contributed by atoms with Crippen LogP contribution in [-0.2, 0) is 4.79 Å². The highest BCUT2D eigenvalue weighted by Crippen LogP contribution is 2.11. The van der Waals surface area contributed by atoms with E-state index in [9.17, 15) is 4.79 Å². The number of rotatable bonds is 3. The molecular weight excluding hydrogens is 176 g/mol. The summed E-state index contributed by atoms with van der Waals surface area (Å²) in [5, 5.41) is 6.47. The fraction of sp³-hybridized carbons (Fsp3) is 0.909. The lowest BCUT2D eigenvalue weighted by atomic mass is 9.94. The fourth-order valence-corrected chi connectivity index (χ4v) is 1.74. The van der Waals surface area contributed by atoms with E-state index < -0.39 is 0 Å². The Labute approximate surface area is 86.6 Å². The Morgan fingerprint density at radius 3 is 2.93 bits per heavy atom. The van der Waals surface area contributed by atoms with E-state index >= 15 is 0 Å². The van der Waals surface area contributed by atoms with E-state index in [2.05, 4.69) is 24.5 Å². The second-order valence-electron chi connectivity index (χ2n) is 4.39. The lowest BCUT2D eigenvalue weighted by Gasteiger charge is -2.31. The summed E-state index contributed by atoms with van der Waals surface area (Å²) in [4.78, 5) is 11.7. The van der Waals surface area contributed by atoms with Crippen LogP contribution in [0.15, 0.2) is 0 Å². The second kappa shape index (κ2) is 5.35. The van der Waals surface area contributed by atoms with Gasteiger partial charge in [0.1, 0.15) is 0 Å². The molecule has 0 aromatic heterocycles.